The van der Waals surface area contributed by atoms with Crippen LogP contribution in [0.1, 0.15) is 64.0 Å². The highest BCUT2D eigenvalue weighted by Gasteiger charge is 2.51. The number of carbonyl (C=O) groups excluding carboxylic acids is 2. The van der Waals surface area contributed by atoms with Gasteiger partial charge in [-0.15, -0.1) is 0 Å². The molecule has 0 spiro atoms. The normalized spacial score (nSPS) is 20.0. The van der Waals surface area contributed by atoms with Crippen molar-refractivity contribution < 1.29 is 24.2 Å². The molecular formula is C24H34N2O5. The molecule has 0 radical (unpaired) electrons. The molecule has 2 aliphatic carbocycles. The Morgan fingerprint density at radius 2 is 1.68 bits per heavy atom. The van der Waals surface area contributed by atoms with Crippen molar-refractivity contribution in [2.24, 2.45) is 17.1 Å². The first-order chi connectivity index (χ1) is 14.5. The largest absolute Gasteiger partial charge is 0.479 e. The molecule has 1 aromatic carbocycles. The number of ether oxygens (including phenoxy) is 1. The number of carbonyl (C=O) groups is 3. The van der Waals surface area contributed by atoms with Crippen molar-refractivity contribution in [3.8, 4) is 0 Å². The highest BCUT2D eigenvalue weighted by atomic mass is 16.6. The molecule has 0 unspecified atom stereocenters. The number of esters is 1. The summed E-state index contributed by atoms with van der Waals surface area (Å²) in [6, 6.07) is 7.57. The van der Waals surface area contributed by atoms with Gasteiger partial charge in [-0.25, -0.2) is 4.79 Å². The van der Waals surface area contributed by atoms with Crippen molar-refractivity contribution in [1.29, 1.82) is 0 Å². The molecule has 0 aliphatic heterocycles. The molecule has 0 heterocycles. The number of carboxylic acids is 1. The third-order valence-electron chi connectivity index (χ3n) is 6.57. The van der Waals surface area contributed by atoms with Crippen LogP contribution in [0.25, 0.3) is 0 Å². The summed E-state index contributed by atoms with van der Waals surface area (Å²) in [6.07, 6.45) is 3.73. The Balaban J connectivity index is 1.81. The van der Waals surface area contributed by atoms with E-state index in [1.54, 1.807) is 20.8 Å². The number of hydrogen-bond donors (Lipinski definition) is 3. The summed E-state index contributed by atoms with van der Waals surface area (Å²) in [6.45, 7) is 5.47. The number of fused-ring (bicyclic) bond motifs is 1. The van der Waals surface area contributed by atoms with Gasteiger partial charge < -0.3 is 20.9 Å². The van der Waals surface area contributed by atoms with Crippen LogP contribution in [0.15, 0.2) is 24.3 Å². The molecule has 1 amide bonds. The van der Waals surface area contributed by atoms with Gasteiger partial charge in [-0.2, -0.15) is 0 Å². The monoisotopic (exact) mass is 430 g/mol. The summed E-state index contributed by atoms with van der Waals surface area (Å²) < 4.78 is 5.51. The lowest BCUT2D eigenvalue weighted by molar-refractivity contribution is -0.161. The molecule has 1 atom stereocenters. The first-order valence-corrected chi connectivity index (χ1v) is 11.1. The average molecular weight is 431 g/mol. The molecule has 1 saturated carbocycles. The lowest BCUT2D eigenvalue weighted by Crippen LogP contribution is -2.59. The number of benzene rings is 1. The second kappa shape index (κ2) is 8.61. The zero-order valence-electron chi connectivity index (χ0n) is 18.7. The van der Waals surface area contributed by atoms with Gasteiger partial charge in [0.25, 0.3) is 0 Å². The van der Waals surface area contributed by atoms with Crippen LogP contribution < -0.4 is 11.1 Å². The van der Waals surface area contributed by atoms with E-state index in [9.17, 15) is 19.5 Å². The predicted molar refractivity (Wildman–Crippen MR) is 116 cm³/mol. The molecule has 0 bridgehead atoms. The van der Waals surface area contributed by atoms with Crippen LogP contribution in [0.3, 0.4) is 0 Å². The predicted octanol–water partition coefficient (Wildman–Crippen LogP) is 2.59. The third-order valence-corrected chi connectivity index (χ3v) is 6.57. The van der Waals surface area contributed by atoms with E-state index in [-0.39, 0.29) is 31.7 Å². The molecule has 2 aliphatic rings. The Kier molecular flexibility index (Phi) is 6.46. The maximum Gasteiger partial charge on any atom is 0.330 e. The summed E-state index contributed by atoms with van der Waals surface area (Å²) in [4.78, 5) is 38.5. The van der Waals surface area contributed by atoms with Crippen LogP contribution in [0.5, 0.6) is 0 Å². The van der Waals surface area contributed by atoms with Crippen molar-refractivity contribution in [1.82, 2.24) is 5.32 Å². The molecule has 0 aromatic heterocycles. The van der Waals surface area contributed by atoms with Crippen molar-refractivity contribution >= 4 is 17.8 Å². The summed E-state index contributed by atoms with van der Waals surface area (Å²) in [5.74, 6) is -2.34. The van der Waals surface area contributed by atoms with E-state index in [0.29, 0.717) is 12.8 Å². The quantitative estimate of drug-likeness (QED) is 0.572. The molecule has 0 saturated heterocycles. The molecule has 170 valence electrons. The fourth-order valence-corrected chi connectivity index (χ4v) is 4.95. The Hall–Kier alpha value is -2.41. The van der Waals surface area contributed by atoms with E-state index >= 15 is 0 Å². The van der Waals surface area contributed by atoms with Crippen molar-refractivity contribution in [2.45, 2.75) is 76.9 Å². The third kappa shape index (κ3) is 4.92. The van der Waals surface area contributed by atoms with Gasteiger partial charge in [-0.1, -0.05) is 37.1 Å². The van der Waals surface area contributed by atoms with Crippen molar-refractivity contribution in [3.05, 3.63) is 35.4 Å². The summed E-state index contributed by atoms with van der Waals surface area (Å²) in [5.41, 5.74) is 4.98. The van der Waals surface area contributed by atoms with Crippen LogP contribution >= 0.6 is 0 Å². The van der Waals surface area contributed by atoms with Crippen LogP contribution in [-0.4, -0.2) is 40.6 Å². The fraction of sp³-hybridized carbons (Fsp3) is 0.625. The van der Waals surface area contributed by atoms with Crippen LogP contribution in [0.2, 0.25) is 0 Å². The maximum absolute atomic E-state index is 13.6. The lowest BCUT2D eigenvalue weighted by Gasteiger charge is -2.35. The Bertz CT molecular complexity index is 827. The number of rotatable bonds is 7. The molecule has 7 nitrogen and oxygen atoms in total. The van der Waals surface area contributed by atoms with E-state index in [2.05, 4.69) is 5.32 Å². The fourth-order valence-electron chi connectivity index (χ4n) is 4.95. The highest BCUT2D eigenvalue weighted by Crippen LogP contribution is 2.45. The summed E-state index contributed by atoms with van der Waals surface area (Å²) in [5, 5.41) is 13.0. The summed E-state index contributed by atoms with van der Waals surface area (Å²) in [7, 11) is 0. The molecule has 7 heteroatoms. The standard InChI is InChI=1S/C24H34N2O5/c1-22(2,3)31-19(27)18(15-25)12-23(10-6-7-11-23)20(28)26-24(21(29)30)13-16-8-4-5-9-17(16)14-24/h4-5,8-9,18H,6-7,10-15,25H2,1-3H3,(H,26,28)(H,29,30)/t18-/m1/s1. The molecule has 1 fully saturated rings. The number of aliphatic carboxylic acids is 1. The van der Waals surface area contributed by atoms with Crippen LogP contribution in [0.4, 0.5) is 0 Å². The topological polar surface area (TPSA) is 119 Å². The molecule has 4 N–H and O–H groups in total. The van der Waals surface area contributed by atoms with Gasteiger partial charge >= 0.3 is 11.9 Å². The van der Waals surface area contributed by atoms with Gasteiger partial charge in [-0.05, 0) is 51.2 Å². The number of nitrogens with one attached hydrogen (secondary N) is 1. The lowest BCUT2D eigenvalue weighted by atomic mass is 9.76. The molecule has 3 rings (SSSR count). The Morgan fingerprint density at radius 1 is 1.13 bits per heavy atom. The minimum atomic E-state index is -1.36. The number of carboxylic acid groups (broad SMARTS) is 1. The SMILES string of the molecule is CC(C)(C)OC(=O)[C@@H](CN)CC1(C(=O)NC2(C(=O)O)Cc3ccccc3C2)CCCC1. The molecule has 1 aromatic rings. The van der Waals surface area contributed by atoms with Gasteiger partial charge in [0.05, 0.1) is 11.3 Å². The minimum absolute atomic E-state index is 0.0828. The Morgan fingerprint density at radius 3 is 2.13 bits per heavy atom. The van der Waals surface area contributed by atoms with Gasteiger partial charge in [0.2, 0.25) is 5.91 Å². The van der Waals surface area contributed by atoms with Gasteiger partial charge in [0.1, 0.15) is 11.1 Å². The molecular weight excluding hydrogens is 396 g/mol. The van der Waals surface area contributed by atoms with E-state index in [1.807, 2.05) is 24.3 Å². The van der Waals surface area contributed by atoms with Crippen molar-refractivity contribution in [2.75, 3.05) is 6.54 Å². The maximum atomic E-state index is 13.6. The first kappa shape index (κ1) is 23.3. The van der Waals surface area contributed by atoms with Gasteiger partial charge in [0, 0.05) is 19.4 Å². The first-order valence-electron chi connectivity index (χ1n) is 11.1. The number of nitrogens with two attached hydrogens (primary N) is 1. The van der Waals surface area contributed by atoms with Gasteiger partial charge in [-0.3, -0.25) is 9.59 Å². The van der Waals surface area contributed by atoms with Crippen LogP contribution in [-0.2, 0) is 32.0 Å². The van der Waals surface area contributed by atoms with Gasteiger partial charge in [0.15, 0.2) is 0 Å². The number of hydrogen-bond acceptors (Lipinski definition) is 5. The Labute approximate surface area is 183 Å². The zero-order valence-corrected chi connectivity index (χ0v) is 18.7. The van der Waals surface area contributed by atoms with E-state index in [0.717, 1.165) is 24.0 Å². The van der Waals surface area contributed by atoms with Crippen molar-refractivity contribution in [3.63, 3.8) is 0 Å². The van der Waals surface area contributed by atoms with E-state index in [1.165, 1.54) is 0 Å². The minimum Gasteiger partial charge on any atom is -0.479 e. The molecule has 31 heavy (non-hydrogen) atoms. The highest BCUT2D eigenvalue weighted by molar-refractivity contribution is 5.91. The summed E-state index contributed by atoms with van der Waals surface area (Å²) >= 11 is 0. The number of amides is 1. The second-order valence-electron chi connectivity index (χ2n) is 10.1. The zero-order chi connectivity index (χ0) is 22.9. The smallest absolute Gasteiger partial charge is 0.330 e. The van der Waals surface area contributed by atoms with E-state index < -0.39 is 34.4 Å². The van der Waals surface area contributed by atoms with Crippen LogP contribution in [0, 0.1) is 11.3 Å². The van der Waals surface area contributed by atoms with E-state index in [4.69, 9.17) is 10.5 Å². The average Bonchev–Trinajstić information content (AvgIpc) is 3.30. The second-order valence-corrected chi connectivity index (χ2v) is 10.1.